The minimum atomic E-state index is -0.138. The Morgan fingerprint density at radius 3 is 2.44 bits per heavy atom. The van der Waals surface area contributed by atoms with E-state index in [4.69, 9.17) is 4.74 Å². The van der Waals surface area contributed by atoms with Crippen LogP contribution in [0.1, 0.15) is 118 Å². The highest BCUT2D eigenvalue weighted by atomic mass is 16.5. The zero-order valence-electron chi connectivity index (χ0n) is 22.9. The highest BCUT2D eigenvalue weighted by Gasteiger charge is 2.60. The molecule has 0 aromatic rings. The summed E-state index contributed by atoms with van der Waals surface area (Å²) in [4.78, 5) is 11.5. The number of rotatable bonds is 7. The lowest BCUT2D eigenvalue weighted by Crippen LogP contribution is -2.53. The van der Waals surface area contributed by atoms with Crippen LogP contribution >= 0.6 is 0 Å². The molecule has 1 heterocycles. The van der Waals surface area contributed by atoms with Gasteiger partial charge in [-0.3, -0.25) is 0 Å². The summed E-state index contributed by atoms with van der Waals surface area (Å²) < 4.78 is 5.48. The van der Waals surface area contributed by atoms with Crippen LogP contribution in [0.2, 0.25) is 0 Å². The molecule has 0 unspecified atom stereocenters. The van der Waals surface area contributed by atoms with Crippen LogP contribution in [0.15, 0.2) is 12.2 Å². The van der Waals surface area contributed by atoms with E-state index in [0.717, 1.165) is 53.8 Å². The van der Waals surface area contributed by atoms with E-state index in [1.165, 1.54) is 77.0 Å². The van der Waals surface area contributed by atoms with Gasteiger partial charge in [-0.15, -0.1) is 0 Å². The number of carbonyl (C=O) groups excluding carboxylic acids is 1. The maximum atomic E-state index is 11.5. The number of esters is 1. The lowest BCUT2D eigenvalue weighted by Gasteiger charge is -2.61. The average Bonchev–Trinajstić information content (AvgIpc) is 3.35. The topological polar surface area (TPSA) is 26.3 Å². The Morgan fingerprint density at radius 1 is 0.941 bits per heavy atom. The van der Waals surface area contributed by atoms with Gasteiger partial charge in [0.15, 0.2) is 0 Å². The normalized spacial score (nSPS) is 46.6. The van der Waals surface area contributed by atoms with Gasteiger partial charge in [0.25, 0.3) is 0 Å². The van der Waals surface area contributed by atoms with Crippen LogP contribution in [0.4, 0.5) is 0 Å². The van der Waals surface area contributed by atoms with Crippen molar-refractivity contribution >= 4 is 5.97 Å². The molecule has 0 bridgehead atoms. The molecule has 2 heteroatoms. The maximum Gasteiger partial charge on any atom is 0.331 e. The molecule has 4 aliphatic carbocycles. The molecule has 5 aliphatic rings. The highest BCUT2D eigenvalue weighted by Crippen LogP contribution is 2.68. The molecular weight excluding hydrogens is 416 g/mol. The zero-order valence-corrected chi connectivity index (χ0v) is 22.9. The van der Waals surface area contributed by atoms with Crippen LogP contribution in [0.25, 0.3) is 0 Å². The van der Waals surface area contributed by atoms with Crippen LogP contribution in [-0.4, -0.2) is 12.1 Å². The van der Waals surface area contributed by atoms with Crippen molar-refractivity contribution in [3.63, 3.8) is 0 Å². The van der Waals surface area contributed by atoms with Crippen molar-refractivity contribution in [2.24, 2.45) is 58.2 Å². The monoisotopic (exact) mass is 468 g/mol. The van der Waals surface area contributed by atoms with Crippen molar-refractivity contribution < 1.29 is 9.53 Å². The number of carbonyl (C=O) groups is 1. The van der Waals surface area contributed by atoms with Gasteiger partial charge in [-0.2, -0.15) is 0 Å². The van der Waals surface area contributed by atoms with Gasteiger partial charge in [-0.05, 0) is 128 Å². The third-order valence-corrected chi connectivity index (χ3v) is 12.3. The third-order valence-electron chi connectivity index (χ3n) is 12.3. The summed E-state index contributed by atoms with van der Waals surface area (Å²) in [5.74, 6) is 7.16. The number of fused-ring (bicyclic) bond motifs is 5. The molecule has 192 valence electrons. The molecule has 0 spiro atoms. The van der Waals surface area contributed by atoms with Crippen LogP contribution < -0.4 is 0 Å². The average molecular weight is 469 g/mol. The van der Waals surface area contributed by atoms with Crippen molar-refractivity contribution in [3.8, 4) is 0 Å². The van der Waals surface area contributed by atoms with Crippen molar-refractivity contribution in [1.82, 2.24) is 0 Å². The van der Waals surface area contributed by atoms with Crippen molar-refractivity contribution in [2.75, 3.05) is 0 Å². The van der Waals surface area contributed by atoms with E-state index in [1.807, 2.05) is 6.08 Å². The van der Waals surface area contributed by atoms with E-state index in [2.05, 4.69) is 34.6 Å². The first-order valence-electron chi connectivity index (χ1n) is 15.1. The Labute approximate surface area is 210 Å². The molecule has 0 radical (unpaired) electrons. The van der Waals surface area contributed by atoms with Gasteiger partial charge in [0.05, 0.1) is 0 Å². The maximum absolute atomic E-state index is 11.5. The van der Waals surface area contributed by atoms with E-state index in [1.54, 1.807) is 6.08 Å². The standard InChI is InChI=1S/C32H52O2/c1-21(2)7-6-8-22(3)27-12-13-28-26-11-9-24-19-23(20-25-10-14-30(33)34-25)15-17-31(24,4)29(26)16-18-32(27,28)5/h10,14,21-29H,6-9,11-13,15-20H2,1-5H3/t22-,23+,24+,25+,26+,27-,28+,29+,31+,32-/m1/s1. The quantitative estimate of drug-likeness (QED) is 0.350. The highest BCUT2D eigenvalue weighted by molar-refractivity contribution is 5.84. The first-order valence-corrected chi connectivity index (χ1v) is 15.1. The Bertz CT molecular complexity index is 769. The van der Waals surface area contributed by atoms with E-state index >= 15 is 0 Å². The lowest BCUT2D eigenvalue weighted by atomic mass is 9.44. The summed E-state index contributed by atoms with van der Waals surface area (Å²) in [6.45, 7) is 12.8. The van der Waals surface area contributed by atoms with E-state index in [9.17, 15) is 4.79 Å². The van der Waals surface area contributed by atoms with Gasteiger partial charge in [0.1, 0.15) is 6.10 Å². The molecule has 4 fully saturated rings. The Hall–Kier alpha value is -0.790. The summed E-state index contributed by atoms with van der Waals surface area (Å²) in [6, 6.07) is 0. The molecule has 10 atom stereocenters. The number of ether oxygens (including phenoxy) is 1. The van der Waals surface area contributed by atoms with Gasteiger partial charge in [-0.25, -0.2) is 4.79 Å². The number of hydrogen-bond donors (Lipinski definition) is 0. The van der Waals surface area contributed by atoms with Crippen molar-refractivity contribution in [1.29, 1.82) is 0 Å². The van der Waals surface area contributed by atoms with Gasteiger partial charge >= 0.3 is 5.97 Å². The number of cyclic esters (lactones) is 1. The van der Waals surface area contributed by atoms with Crippen LogP contribution in [0, 0.1) is 58.2 Å². The second-order valence-corrected chi connectivity index (χ2v) is 14.4. The third kappa shape index (κ3) is 4.43. The van der Waals surface area contributed by atoms with E-state index in [0.29, 0.717) is 10.8 Å². The predicted molar refractivity (Wildman–Crippen MR) is 140 cm³/mol. The van der Waals surface area contributed by atoms with E-state index in [-0.39, 0.29) is 12.1 Å². The molecule has 34 heavy (non-hydrogen) atoms. The molecule has 5 rings (SSSR count). The number of hydrogen-bond acceptors (Lipinski definition) is 2. The molecule has 0 aromatic carbocycles. The summed E-state index contributed by atoms with van der Waals surface area (Å²) >= 11 is 0. The lowest BCUT2D eigenvalue weighted by molar-refractivity contribution is -0.140. The van der Waals surface area contributed by atoms with Crippen molar-refractivity contribution in [2.45, 2.75) is 124 Å². The summed E-state index contributed by atoms with van der Waals surface area (Å²) in [5, 5.41) is 0. The van der Waals surface area contributed by atoms with E-state index < -0.39 is 0 Å². The molecule has 1 aliphatic heterocycles. The fraction of sp³-hybridized carbons (Fsp3) is 0.906. The summed E-state index contributed by atoms with van der Waals surface area (Å²) in [7, 11) is 0. The second kappa shape index (κ2) is 9.59. The Balaban J connectivity index is 1.22. The smallest absolute Gasteiger partial charge is 0.331 e. The van der Waals surface area contributed by atoms with Crippen LogP contribution in [-0.2, 0) is 9.53 Å². The van der Waals surface area contributed by atoms with Crippen molar-refractivity contribution in [3.05, 3.63) is 12.2 Å². The minimum Gasteiger partial charge on any atom is -0.455 e. The van der Waals surface area contributed by atoms with Crippen LogP contribution in [0.3, 0.4) is 0 Å². The molecule has 0 N–H and O–H groups in total. The molecule has 0 aromatic heterocycles. The van der Waals surface area contributed by atoms with Gasteiger partial charge in [-0.1, -0.05) is 53.9 Å². The first-order chi connectivity index (χ1) is 16.2. The van der Waals surface area contributed by atoms with Gasteiger partial charge < -0.3 is 4.74 Å². The fourth-order valence-electron chi connectivity index (χ4n) is 10.5. The molecule has 2 nitrogen and oxygen atoms in total. The Morgan fingerprint density at radius 2 is 1.71 bits per heavy atom. The predicted octanol–water partition coefficient (Wildman–Crippen LogP) is 8.60. The van der Waals surface area contributed by atoms with Gasteiger partial charge in [0.2, 0.25) is 0 Å². The fourth-order valence-corrected chi connectivity index (χ4v) is 10.5. The minimum absolute atomic E-state index is 0.0477. The Kier molecular flexibility index (Phi) is 7.02. The SMILES string of the molecule is CC(C)CCC[C@@H](C)[C@H]1CC[C@H]2[C@@H]3CC[C@H]4C[C@@H](C[C@@H]5C=CC(=O)O5)CC[C@]4(C)[C@H]3CC[C@]12C. The first kappa shape index (κ1) is 24.9. The van der Waals surface area contributed by atoms with Gasteiger partial charge in [0, 0.05) is 6.08 Å². The summed E-state index contributed by atoms with van der Waals surface area (Å²) in [6.07, 6.45) is 22.1. The summed E-state index contributed by atoms with van der Waals surface area (Å²) in [5.41, 5.74) is 1.17. The molecule has 0 amide bonds. The molecule has 4 saturated carbocycles. The zero-order chi connectivity index (χ0) is 24.1. The molecule has 0 saturated heterocycles. The second-order valence-electron chi connectivity index (χ2n) is 14.4. The van der Waals surface area contributed by atoms with Crippen LogP contribution in [0.5, 0.6) is 0 Å². The largest absolute Gasteiger partial charge is 0.455 e. The molecular formula is C32H52O2.